The van der Waals surface area contributed by atoms with Gasteiger partial charge in [0.25, 0.3) is 11.1 Å². The van der Waals surface area contributed by atoms with Gasteiger partial charge in [-0.05, 0) is 55.8 Å². The lowest BCUT2D eigenvalue weighted by molar-refractivity contribution is 0.296. The highest BCUT2D eigenvalue weighted by atomic mass is 16.8. The number of benzene rings is 3. The van der Waals surface area contributed by atoms with Gasteiger partial charge in [0.05, 0.1) is 28.2 Å². The van der Waals surface area contributed by atoms with Gasteiger partial charge in [-0.25, -0.2) is 9.36 Å². The molecule has 9 heteroatoms. The normalized spacial score (nSPS) is 11.3. The molecule has 194 valence electrons. The second-order valence-corrected chi connectivity index (χ2v) is 9.25. The fourth-order valence-corrected chi connectivity index (χ4v) is 5.11. The van der Waals surface area contributed by atoms with Crippen molar-refractivity contribution in [3.05, 3.63) is 139 Å². The molecule has 0 unspecified atom stereocenters. The molecule has 3 aromatic carbocycles. The molecule has 0 saturated carbocycles. The number of hydrogen-bond donors (Lipinski definition) is 1. The number of anilines is 1. The quantitative estimate of drug-likeness (QED) is 0.346. The van der Waals surface area contributed by atoms with E-state index in [0.29, 0.717) is 39.5 Å². The van der Waals surface area contributed by atoms with Crippen LogP contribution in [0.4, 0.5) is 5.69 Å². The van der Waals surface area contributed by atoms with E-state index < -0.39 is 5.92 Å². The van der Waals surface area contributed by atoms with Gasteiger partial charge in [-0.15, -0.1) is 0 Å². The molecule has 0 atom stereocenters. The summed E-state index contributed by atoms with van der Waals surface area (Å²) >= 11 is 0. The van der Waals surface area contributed by atoms with Crippen LogP contribution in [0, 0.1) is 19.1 Å². The van der Waals surface area contributed by atoms with Gasteiger partial charge in [-0.3, -0.25) is 24.2 Å². The van der Waals surface area contributed by atoms with Crippen LogP contribution in [-0.4, -0.2) is 23.9 Å². The molecule has 1 N–H and O–H groups in total. The Morgan fingerprint density at radius 1 is 0.684 bits per heavy atom. The Kier molecular flexibility index (Phi) is 6.40. The van der Waals surface area contributed by atoms with Crippen LogP contribution in [0.1, 0.15) is 34.0 Å². The largest absolute Gasteiger partial charge is 0.733 e. The average molecular weight is 511 g/mol. The van der Waals surface area contributed by atoms with E-state index in [2.05, 4.69) is 0 Å². The van der Waals surface area contributed by atoms with Gasteiger partial charge < -0.3 is 10.4 Å². The summed E-state index contributed by atoms with van der Waals surface area (Å²) in [4.78, 5) is 28.2. The van der Waals surface area contributed by atoms with Crippen molar-refractivity contribution in [3.8, 4) is 11.4 Å². The highest BCUT2D eigenvalue weighted by Crippen LogP contribution is 2.34. The molecule has 0 aliphatic heterocycles. The molecular weight excluding hydrogens is 482 g/mol. The Morgan fingerprint density at radius 3 is 1.45 bits per heavy atom. The summed E-state index contributed by atoms with van der Waals surface area (Å²) in [7, 11) is 3.63. The molecule has 5 aromatic rings. The summed E-state index contributed by atoms with van der Waals surface area (Å²) in [6.07, 6.45) is 0. The molecule has 0 radical (unpaired) electrons. The smallest absolute Gasteiger partial charge is 0.275 e. The molecule has 38 heavy (non-hydrogen) atoms. The molecule has 5 rings (SSSR count). The van der Waals surface area contributed by atoms with E-state index in [-0.39, 0.29) is 22.0 Å². The van der Waals surface area contributed by atoms with Crippen LogP contribution in [0.2, 0.25) is 0 Å². The van der Waals surface area contributed by atoms with Crippen LogP contribution in [0.5, 0.6) is 0 Å². The minimum atomic E-state index is -0.727. The van der Waals surface area contributed by atoms with Crippen molar-refractivity contribution in [3.63, 3.8) is 0 Å². The number of para-hydroxylation sites is 2. The Hall–Kier alpha value is -4.60. The maximum atomic E-state index is 14.1. The highest BCUT2D eigenvalue weighted by molar-refractivity contribution is 5.52. The summed E-state index contributed by atoms with van der Waals surface area (Å²) < 4.78 is 6.76. The maximum absolute atomic E-state index is 14.1. The summed E-state index contributed by atoms with van der Waals surface area (Å²) in [5, 5.41) is 20.6. The summed E-state index contributed by atoms with van der Waals surface area (Å²) in [5.41, 5.74) is 3.94. The number of hydrogen-bond acceptors (Lipinski definition) is 5. The van der Waals surface area contributed by atoms with Crippen LogP contribution in [-0.2, 0) is 14.1 Å². The fourth-order valence-electron chi connectivity index (χ4n) is 5.11. The first-order chi connectivity index (χ1) is 18.2. The predicted molar refractivity (Wildman–Crippen MR) is 147 cm³/mol. The third kappa shape index (κ3) is 3.98. The van der Waals surface area contributed by atoms with Crippen molar-refractivity contribution in [1.82, 2.24) is 18.7 Å². The summed E-state index contributed by atoms with van der Waals surface area (Å²) in [5.74, 6) is -0.727. The first kappa shape index (κ1) is 25.1. The first-order valence-corrected chi connectivity index (χ1v) is 12.2. The topological polar surface area (TPSA) is 100 Å². The highest BCUT2D eigenvalue weighted by Gasteiger charge is 2.32. The molecule has 2 heterocycles. The van der Waals surface area contributed by atoms with Gasteiger partial charge in [0.1, 0.15) is 0 Å². The first-order valence-electron chi connectivity index (χ1n) is 12.2. The van der Waals surface area contributed by atoms with Gasteiger partial charge in [0.15, 0.2) is 0 Å². The fraction of sp³-hybridized carbons (Fsp3) is 0.172. The standard InChI is InChI=1S/C29H28N5O4/c1-19-25(28(35)32(30(19)3)22-11-7-5-8-12-22)27(21-15-17-24(18-16-21)34(37)38)26-20(2)31(4)33(29(26)36)23-13-9-6-10-14-23/h5-18,27,37H,1-4H3/q-1. The third-order valence-corrected chi connectivity index (χ3v) is 7.22. The zero-order valence-corrected chi connectivity index (χ0v) is 21.6. The second-order valence-electron chi connectivity index (χ2n) is 9.25. The van der Waals surface area contributed by atoms with Crippen molar-refractivity contribution in [2.75, 3.05) is 5.23 Å². The van der Waals surface area contributed by atoms with Gasteiger partial charge >= 0.3 is 0 Å². The lowest BCUT2D eigenvalue weighted by atomic mass is 9.85. The van der Waals surface area contributed by atoms with E-state index in [1.54, 1.807) is 30.9 Å². The van der Waals surface area contributed by atoms with Crippen LogP contribution >= 0.6 is 0 Å². The number of nitrogens with zero attached hydrogens (tertiary/aromatic N) is 5. The zero-order chi connectivity index (χ0) is 27.1. The van der Waals surface area contributed by atoms with E-state index >= 15 is 0 Å². The lowest BCUT2D eigenvalue weighted by Crippen LogP contribution is -2.26. The number of rotatable bonds is 6. The van der Waals surface area contributed by atoms with E-state index in [0.717, 1.165) is 0 Å². The molecule has 0 bridgehead atoms. The Bertz CT molecular complexity index is 1610. The Labute approximate surface area is 219 Å². The molecule has 0 aliphatic rings. The second kappa shape index (κ2) is 9.70. The molecule has 0 fully saturated rings. The van der Waals surface area contributed by atoms with Crippen molar-refractivity contribution >= 4 is 5.69 Å². The summed E-state index contributed by atoms with van der Waals surface area (Å²) in [6, 6.07) is 24.9. The molecule has 9 nitrogen and oxygen atoms in total. The van der Waals surface area contributed by atoms with Crippen molar-refractivity contribution in [2.24, 2.45) is 14.1 Å². The number of aromatic nitrogens is 4. The molecular formula is C29H28N5O4-. The predicted octanol–water partition coefficient (Wildman–Crippen LogP) is 4.16. The van der Waals surface area contributed by atoms with Gasteiger partial charge in [-0.2, -0.15) is 0 Å². The average Bonchev–Trinajstić information content (AvgIpc) is 3.28. The van der Waals surface area contributed by atoms with Crippen molar-refractivity contribution in [1.29, 1.82) is 0 Å². The third-order valence-electron chi connectivity index (χ3n) is 7.22. The summed E-state index contributed by atoms with van der Waals surface area (Å²) in [6.45, 7) is 3.72. The van der Waals surface area contributed by atoms with Gasteiger partial charge in [0, 0.05) is 31.4 Å². The lowest BCUT2D eigenvalue weighted by Gasteiger charge is -2.23. The SMILES string of the molecule is Cc1c(C(c2ccc(N([O-])O)cc2)c2c(C)n(C)n(-c3ccccc3)c2=O)c(=O)n(-c2ccccc2)n1C. The zero-order valence-electron chi connectivity index (χ0n) is 21.6. The van der Waals surface area contributed by atoms with Crippen molar-refractivity contribution < 1.29 is 5.21 Å². The monoisotopic (exact) mass is 510 g/mol. The van der Waals surface area contributed by atoms with E-state index in [1.807, 2.05) is 88.6 Å². The molecule has 0 spiro atoms. The van der Waals surface area contributed by atoms with Crippen LogP contribution < -0.4 is 16.3 Å². The molecule has 0 amide bonds. The minimum absolute atomic E-state index is 0.0467. The maximum Gasteiger partial charge on any atom is 0.275 e. The minimum Gasteiger partial charge on any atom is -0.733 e. The van der Waals surface area contributed by atoms with Crippen LogP contribution in [0.15, 0.2) is 94.5 Å². The van der Waals surface area contributed by atoms with Crippen molar-refractivity contribution in [2.45, 2.75) is 19.8 Å². The molecule has 0 saturated heterocycles. The van der Waals surface area contributed by atoms with E-state index in [4.69, 9.17) is 0 Å². The van der Waals surface area contributed by atoms with Gasteiger partial charge in [-0.1, -0.05) is 48.5 Å². The van der Waals surface area contributed by atoms with Crippen LogP contribution in [0.25, 0.3) is 11.4 Å². The van der Waals surface area contributed by atoms with E-state index in [9.17, 15) is 20.0 Å². The Morgan fingerprint density at radius 2 is 1.08 bits per heavy atom. The molecule has 2 aromatic heterocycles. The van der Waals surface area contributed by atoms with Gasteiger partial charge in [0.2, 0.25) is 0 Å². The van der Waals surface area contributed by atoms with E-state index in [1.165, 1.54) is 12.1 Å². The van der Waals surface area contributed by atoms with Crippen LogP contribution in [0.3, 0.4) is 0 Å². The Balaban J connectivity index is 1.82. The molecule has 0 aliphatic carbocycles.